The molecule has 0 spiro atoms. The van der Waals surface area contributed by atoms with Gasteiger partial charge in [-0.05, 0) is 65.1 Å². The third kappa shape index (κ3) is 8.92. The molecule has 290 valence electrons. The van der Waals surface area contributed by atoms with Gasteiger partial charge in [0, 0.05) is 24.8 Å². The van der Waals surface area contributed by atoms with E-state index in [2.05, 4.69) is 12.1 Å². The standard InChI is InChI=1S/C44H39F5N2O4S/c45-37-38(46)40(48)42(41(49)39(37)47)56-50-24-33(25-50)43(52)51(23-28-16-18-32(19-17-28)31-14-8-3-9-15-31)34-20-21-35(44(53)55-27-30-12-6-2-7-13-30)36(22-34)54-26-29-10-4-1-5-11-29/h1-2,4-7,10-13,16-22,31,33H,3,8-9,14-15,23-27H2. The number of ether oxygens (including phenoxy) is 2. The maximum absolute atomic E-state index is 14.5. The minimum Gasteiger partial charge on any atom is -0.488 e. The maximum Gasteiger partial charge on any atom is 0.342 e. The molecule has 12 heteroatoms. The van der Waals surface area contributed by atoms with Gasteiger partial charge in [0.25, 0.3) is 0 Å². The molecular weight excluding hydrogens is 748 g/mol. The lowest BCUT2D eigenvalue weighted by atomic mass is 9.84. The zero-order chi connectivity index (χ0) is 39.2. The van der Waals surface area contributed by atoms with E-state index in [0.29, 0.717) is 23.6 Å². The van der Waals surface area contributed by atoms with Crippen LogP contribution in [0.2, 0.25) is 0 Å². The summed E-state index contributed by atoms with van der Waals surface area (Å²) in [4.78, 5) is 28.3. The summed E-state index contributed by atoms with van der Waals surface area (Å²) in [7, 11) is 0. The highest BCUT2D eigenvalue weighted by Gasteiger charge is 2.39. The van der Waals surface area contributed by atoms with Crippen molar-refractivity contribution in [3.8, 4) is 5.75 Å². The molecule has 7 rings (SSSR count). The quantitative estimate of drug-likeness (QED) is 0.0390. The number of rotatable bonds is 13. The molecule has 0 unspecified atom stereocenters. The van der Waals surface area contributed by atoms with Crippen LogP contribution in [-0.2, 0) is 29.3 Å². The molecule has 0 aromatic heterocycles. The fourth-order valence-corrected chi connectivity index (χ4v) is 8.10. The van der Waals surface area contributed by atoms with E-state index >= 15 is 0 Å². The zero-order valence-corrected chi connectivity index (χ0v) is 31.2. The summed E-state index contributed by atoms with van der Waals surface area (Å²) in [6.07, 6.45) is 5.90. The molecule has 2 aliphatic rings. The Morgan fingerprint density at radius 3 is 1.89 bits per heavy atom. The molecule has 1 saturated heterocycles. The van der Waals surface area contributed by atoms with E-state index in [0.717, 1.165) is 29.5 Å². The van der Waals surface area contributed by atoms with Crippen molar-refractivity contribution in [2.75, 3.05) is 18.0 Å². The number of nitrogens with zero attached hydrogens (tertiary/aromatic N) is 2. The van der Waals surface area contributed by atoms with Crippen molar-refractivity contribution in [2.24, 2.45) is 5.92 Å². The maximum atomic E-state index is 14.5. The van der Waals surface area contributed by atoms with Gasteiger partial charge >= 0.3 is 5.97 Å². The van der Waals surface area contributed by atoms with E-state index in [9.17, 15) is 31.5 Å². The first-order valence-corrected chi connectivity index (χ1v) is 19.3. The van der Waals surface area contributed by atoms with Gasteiger partial charge in [0.1, 0.15) is 29.4 Å². The Labute approximate surface area is 326 Å². The molecule has 5 aromatic carbocycles. The molecule has 0 N–H and O–H groups in total. The summed E-state index contributed by atoms with van der Waals surface area (Å²) in [5.41, 5.74) is 4.36. The summed E-state index contributed by atoms with van der Waals surface area (Å²) < 4.78 is 83.6. The number of amides is 1. The van der Waals surface area contributed by atoms with Gasteiger partial charge in [-0.25, -0.2) is 31.1 Å². The number of hydrogen-bond acceptors (Lipinski definition) is 6. The molecule has 0 atom stereocenters. The SMILES string of the molecule is O=C(OCc1ccccc1)c1ccc(N(Cc2ccc(C3CCCCC3)cc2)C(=O)C2CN(Sc3c(F)c(F)c(F)c(F)c3F)C2)cc1OCc1ccccc1. The topological polar surface area (TPSA) is 59.1 Å². The van der Waals surface area contributed by atoms with Crippen LogP contribution in [0.1, 0.15) is 70.6 Å². The van der Waals surface area contributed by atoms with Crippen LogP contribution in [0.4, 0.5) is 27.6 Å². The van der Waals surface area contributed by atoms with Crippen LogP contribution in [0.5, 0.6) is 5.75 Å². The number of anilines is 1. The monoisotopic (exact) mass is 786 g/mol. The summed E-state index contributed by atoms with van der Waals surface area (Å²) in [5, 5.41) is 0. The predicted octanol–water partition coefficient (Wildman–Crippen LogP) is 10.5. The van der Waals surface area contributed by atoms with Crippen molar-refractivity contribution in [1.82, 2.24) is 4.31 Å². The molecule has 2 fully saturated rings. The first-order chi connectivity index (χ1) is 27.2. The number of carbonyl (C=O) groups excluding carboxylic acids is 2. The Balaban J connectivity index is 1.16. The van der Waals surface area contributed by atoms with Crippen molar-refractivity contribution in [3.63, 3.8) is 0 Å². The third-order valence-electron chi connectivity index (χ3n) is 10.2. The van der Waals surface area contributed by atoms with Gasteiger partial charge in [-0.3, -0.25) is 4.79 Å². The number of halogens is 5. The molecule has 0 bridgehead atoms. The van der Waals surface area contributed by atoms with Crippen LogP contribution in [-0.4, -0.2) is 29.3 Å². The summed E-state index contributed by atoms with van der Waals surface area (Å²) in [6, 6.07) is 31.7. The van der Waals surface area contributed by atoms with E-state index in [4.69, 9.17) is 9.47 Å². The lowest BCUT2D eigenvalue weighted by Gasteiger charge is -2.39. The van der Waals surface area contributed by atoms with Gasteiger partial charge in [0.15, 0.2) is 23.3 Å². The Morgan fingerprint density at radius 1 is 0.679 bits per heavy atom. The van der Waals surface area contributed by atoms with Gasteiger partial charge in [-0.1, -0.05) is 104 Å². The molecule has 1 heterocycles. The number of benzene rings is 5. The summed E-state index contributed by atoms with van der Waals surface area (Å²) in [5.74, 6) is -11.1. The van der Waals surface area contributed by atoms with Crippen LogP contribution in [0.15, 0.2) is 108 Å². The average Bonchev–Trinajstić information content (AvgIpc) is 3.23. The molecule has 56 heavy (non-hydrogen) atoms. The smallest absolute Gasteiger partial charge is 0.342 e. The highest BCUT2D eigenvalue weighted by atomic mass is 32.2. The van der Waals surface area contributed by atoms with Gasteiger partial charge < -0.3 is 14.4 Å². The highest BCUT2D eigenvalue weighted by molar-refractivity contribution is 7.97. The summed E-state index contributed by atoms with van der Waals surface area (Å²) in [6.45, 7) is 0.304. The van der Waals surface area contributed by atoms with E-state index in [1.807, 2.05) is 72.8 Å². The van der Waals surface area contributed by atoms with Gasteiger partial charge in [-0.15, -0.1) is 0 Å². The van der Waals surface area contributed by atoms with Crippen LogP contribution in [0, 0.1) is 35.0 Å². The van der Waals surface area contributed by atoms with Crippen molar-refractivity contribution in [2.45, 2.75) is 62.7 Å². The van der Waals surface area contributed by atoms with Crippen molar-refractivity contribution < 1.29 is 41.0 Å². The van der Waals surface area contributed by atoms with Gasteiger partial charge in [-0.2, -0.15) is 0 Å². The zero-order valence-electron chi connectivity index (χ0n) is 30.4. The molecule has 1 amide bonds. The molecule has 5 aromatic rings. The molecule has 1 saturated carbocycles. The fourth-order valence-electron chi connectivity index (χ4n) is 7.00. The van der Waals surface area contributed by atoms with E-state index in [1.54, 1.807) is 23.1 Å². The normalized spacial score (nSPS) is 14.9. The minimum atomic E-state index is -2.23. The third-order valence-corrected chi connectivity index (χ3v) is 11.3. The van der Waals surface area contributed by atoms with Crippen molar-refractivity contribution in [3.05, 3.63) is 160 Å². The van der Waals surface area contributed by atoms with Gasteiger partial charge in [0.05, 0.1) is 12.5 Å². The second-order valence-corrected chi connectivity index (χ2v) is 15.2. The Bertz CT molecular complexity index is 2130. The fraction of sp³-hybridized carbons (Fsp3) is 0.273. The second-order valence-electron chi connectivity index (χ2n) is 14.1. The molecular formula is C44H39F5N2O4S. The van der Waals surface area contributed by atoms with Crippen LogP contribution in [0.3, 0.4) is 0 Å². The minimum absolute atomic E-state index is 0.0125. The first-order valence-electron chi connectivity index (χ1n) is 18.5. The average molecular weight is 787 g/mol. The molecule has 1 aliphatic carbocycles. The van der Waals surface area contributed by atoms with Crippen LogP contribution >= 0.6 is 11.9 Å². The Kier molecular flexibility index (Phi) is 12.4. The lowest BCUT2D eigenvalue weighted by Crippen LogP contribution is -2.51. The van der Waals surface area contributed by atoms with E-state index in [-0.39, 0.29) is 50.1 Å². The number of carbonyl (C=O) groups is 2. The lowest BCUT2D eigenvalue weighted by molar-refractivity contribution is -0.125. The van der Waals surface area contributed by atoms with Crippen molar-refractivity contribution >= 4 is 29.5 Å². The molecule has 6 nitrogen and oxygen atoms in total. The van der Waals surface area contributed by atoms with E-state index < -0.39 is 45.9 Å². The molecule has 1 aliphatic heterocycles. The van der Waals surface area contributed by atoms with Gasteiger partial charge in [0.2, 0.25) is 11.7 Å². The Morgan fingerprint density at radius 2 is 1.27 bits per heavy atom. The largest absolute Gasteiger partial charge is 0.488 e. The highest BCUT2D eigenvalue weighted by Crippen LogP contribution is 2.39. The summed E-state index contributed by atoms with van der Waals surface area (Å²) >= 11 is 0.378. The van der Waals surface area contributed by atoms with E-state index in [1.165, 1.54) is 29.1 Å². The predicted molar refractivity (Wildman–Crippen MR) is 203 cm³/mol. The second kappa shape index (κ2) is 17.7. The number of esters is 1. The van der Waals surface area contributed by atoms with Crippen LogP contribution in [0.25, 0.3) is 0 Å². The Hall–Kier alpha value is -5.20. The number of hydrogen-bond donors (Lipinski definition) is 0. The molecule has 0 radical (unpaired) electrons. The van der Waals surface area contributed by atoms with Crippen LogP contribution < -0.4 is 9.64 Å². The van der Waals surface area contributed by atoms with Crippen molar-refractivity contribution in [1.29, 1.82) is 0 Å². The first kappa shape index (κ1) is 39.1.